The Balaban J connectivity index is 1.77. The lowest BCUT2D eigenvalue weighted by Gasteiger charge is -2.09. The maximum absolute atomic E-state index is 5.41. The Hall–Kier alpha value is -3.42. The highest BCUT2D eigenvalue weighted by molar-refractivity contribution is 5.69. The minimum atomic E-state index is 0.351. The van der Waals surface area contributed by atoms with Crippen LogP contribution in [0.2, 0.25) is 0 Å². The fraction of sp³-hybridized carbons (Fsp3) is 0.125. The van der Waals surface area contributed by atoms with Crippen molar-refractivity contribution in [2.24, 2.45) is 0 Å². The molecule has 0 bridgehead atoms. The third kappa shape index (κ3) is 2.24. The molecular formula is C16H13N5O3. The summed E-state index contributed by atoms with van der Waals surface area (Å²) >= 11 is 0. The van der Waals surface area contributed by atoms with Crippen molar-refractivity contribution in [3.05, 3.63) is 42.9 Å². The van der Waals surface area contributed by atoms with Crippen LogP contribution in [0.4, 0.5) is 0 Å². The molecule has 0 aliphatic carbocycles. The molecule has 0 spiro atoms. The van der Waals surface area contributed by atoms with Gasteiger partial charge in [-0.25, -0.2) is 0 Å². The van der Waals surface area contributed by atoms with Gasteiger partial charge in [0.1, 0.15) is 6.33 Å². The van der Waals surface area contributed by atoms with Crippen molar-refractivity contribution >= 4 is 5.65 Å². The van der Waals surface area contributed by atoms with E-state index in [0.29, 0.717) is 28.8 Å². The van der Waals surface area contributed by atoms with E-state index < -0.39 is 0 Å². The molecule has 120 valence electrons. The lowest BCUT2D eigenvalue weighted by Crippen LogP contribution is -1.93. The summed E-state index contributed by atoms with van der Waals surface area (Å²) in [7, 11) is 3.15. The molecule has 0 saturated heterocycles. The van der Waals surface area contributed by atoms with Crippen LogP contribution in [0.5, 0.6) is 11.5 Å². The van der Waals surface area contributed by atoms with Crippen molar-refractivity contribution < 1.29 is 14.0 Å². The number of rotatable bonds is 4. The van der Waals surface area contributed by atoms with Gasteiger partial charge in [-0.05, 0) is 24.3 Å². The van der Waals surface area contributed by atoms with Gasteiger partial charge in [-0.15, -0.1) is 10.2 Å². The first kappa shape index (κ1) is 14.2. The third-order valence-electron chi connectivity index (χ3n) is 3.61. The number of para-hydroxylation sites is 1. The van der Waals surface area contributed by atoms with Crippen LogP contribution in [0.25, 0.3) is 28.5 Å². The highest BCUT2D eigenvalue weighted by atomic mass is 16.5. The van der Waals surface area contributed by atoms with Crippen molar-refractivity contribution in [1.82, 2.24) is 24.7 Å². The number of benzene rings is 1. The molecule has 0 amide bonds. The topological polar surface area (TPSA) is 87.6 Å². The molecule has 0 aliphatic heterocycles. The van der Waals surface area contributed by atoms with Gasteiger partial charge in [-0.2, -0.15) is 4.98 Å². The average molecular weight is 323 g/mol. The molecule has 0 unspecified atom stereocenters. The average Bonchev–Trinajstić information content (AvgIpc) is 3.29. The van der Waals surface area contributed by atoms with Gasteiger partial charge >= 0.3 is 0 Å². The third-order valence-corrected chi connectivity index (χ3v) is 3.61. The van der Waals surface area contributed by atoms with Gasteiger partial charge in [0.25, 0.3) is 5.89 Å². The molecule has 1 aromatic carbocycles. The number of pyridine rings is 1. The minimum Gasteiger partial charge on any atom is -0.493 e. The van der Waals surface area contributed by atoms with Crippen LogP contribution in [0.1, 0.15) is 0 Å². The Kier molecular flexibility index (Phi) is 3.34. The summed E-state index contributed by atoms with van der Waals surface area (Å²) in [6.45, 7) is 0. The second kappa shape index (κ2) is 5.65. The minimum absolute atomic E-state index is 0.351. The fourth-order valence-corrected chi connectivity index (χ4v) is 2.47. The number of nitrogens with zero attached hydrogens (tertiary/aromatic N) is 5. The Labute approximate surface area is 136 Å². The molecule has 4 aromatic rings. The van der Waals surface area contributed by atoms with Gasteiger partial charge in [-0.3, -0.25) is 4.40 Å². The van der Waals surface area contributed by atoms with Gasteiger partial charge in [0.15, 0.2) is 17.1 Å². The smallest absolute Gasteiger partial charge is 0.262 e. The van der Waals surface area contributed by atoms with E-state index >= 15 is 0 Å². The first-order valence-electron chi connectivity index (χ1n) is 7.15. The highest BCUT2D eigenvalue weighted by Gasteiger charge is 2.18. The first-order chi connectivity index (χ1) is 11.8. The zero-order valence-corrected chi connectivity index (χ0v) is 13.0. The van der Waals surface area contributed by atoms with Crippen LogP contribution >= 0.6 is 0 Å². The number of fused-ring (bicyclic) bond motifs is 1. The summed E-state index contributed by atoms with van der Waals surface area (Å²) in [5.74, 6) is 1.96. The zero-order chi connectivity index (χ0) is 16.5. The van der Waals surface area contributed by atoms with E-state index in [1.54, 1.807) is 31.0 Å². The summed E-state index contributed by atoms with van der Waals surface area (Å²) in [6.07, 6.45) is 3.46. The maximum Gasteiger partial charge on any atom is 0.262 e. The van der Waals surface area contributed by atoms with Crippen LogP contribution in [0, 0.1) is 0 Å². The zero-order valence-electron chi connectivity index (χ0n) is 13.0. The molecule has 0 N–H and O–H groups in total. The monoisotopic (exact) mass is 323 g/mol. The van der Waals surface area contributed by atoms with Crippen LogP contribution in [0.15, 0.2) is 47.4 Å². The first-order valence-corrected chi connectivity index (χ1v) is 7.15. The van der Waals surface area contributed by atoms with Gasteiger partial charge < -0.3 is 14.0 Å². The standard InChI is InChI=1S/C16H13N5O3/c1-22-12-5-3-4-11(14(12)23-2)16-18-15(20-24-16)10-6-7-13-19-17-9-21(13)8-10/h3-9H,1-2H3. The molecule has 24 heavy (non-hydrogen) atoms. The van der Waals surface area contributed by atoms with E-state index in [1.165, 1.54) is 0 Å². The molecule has 8 nitrogen and oxygen atoms in total. The molecule has 4 rings (SSSR count). The van der Waals surface area contributed by atoms with E-state index in [2.05, 4.69) is 20.3 Å². The van der Waals surface area contributed by atoms with Crippen molar-refractivity contribution in [3.8, 4) is 34.3 Å². The van der Waals surface area contributed by atoms with Crippen molar-refractivity contribution in [1.29, 1.82) is 0 Å². The summed E-state index contributed by atoms with van der Waals surface area (Å²) in [5.41, 5.74) is 2.21. The SMILES string of the molecule is COc1cccc(-c2nc(-c3ccc4nncn4c3)no2)c1OC. The van der Waals surface area contributed by atoms with Crippen LogP contribution < -0.4 is 9.47 Å². The highest BCUT2D eigenvalue weighted by Crippen LogP contribution is 2.37. The molecule has 3 aromatic heterocycles. The van der Waals surface area contributed by atoms with E-state index in [4.69, 9.17) is 14.0 Å². The van der Waals surface area contributed by atoms with E-state index in [9.17, 15) is 0 Å². The lowest BCUT2D eigenvalue weighted by atomic mass is 10.2. The van der Waals surface area contributed by atoms with Crippen LogP contribution in [0.3, 0.4) is 0 Å². The normalized spacial score (nSPS) is 10.9. The molecule has 0 fully saturated rings. The maximum atomic E-state index is 5.41. The molecule has 0 radical (unpaired) electrons. The number of hydrogen-bond acceptors (Lipinski definition) is 7. The number of aromatic nitrogens is 5. The van der Waals surface area contributed by atoms with Crippen molar-refractivity contribution in [2.75, 3.05) is 14.2 Å². The molecule has 8 heteroatoms. The molecule has 0 aliphatic rings. The quantitative estimate of drug-likeness (QED) is 0.570. The lowest BCUT2D eigenvalue weighted by molar-refractivity contribution is 0.353. The molecule has 0 saturated carbocycles. The van der Waals surface area contributed by atoms with Crippen LogP contribution in [-0.2, 0) is 0 Å². The van der Waals surface area contributed by atoms with Crippen molar-refractivity contribution in [3.63, 3.8) is 0 Å². The Bertz CT molecular complexity index is 1010. The van der Waals surface area contributed by atoms with Gasteiger partial charge in [0.05, 0.1) is 19.8 Å². The Morgan fingerprint density at radius 2 is 2.00 bits per heavy atom. The predicted molar refractivity (Wildman–Crippen MR) is 84.8 cm³/mol. The van der Waals surface area contributed by atoms with E-state index in [1.807, 2.05) is 30.5 Å². The summed E-state index contributed by atoms with van der Waals surface area (Å²) in [4.78, 5) is 4.46. The molecule has 3 heterocycles. The summed E-state index contributed by atoms with van der Waals surface area (Å²) in [5, 5.41) is 11.9. The van der Waals surface area contributed by atoms with Crippen molar-refractivity contribution in [2.45, 2.75) is 0 Å². The molecular weight excluding hydrogens is 310 g/mol. The molecule has 0 atom stereocenters. The predicted octanol–water partition coefficient (Wildman–Crippen LogP) is 2.46. The summed E-state index contributed by atoms with van der Waals surface area (Å²) < 4.78 is 17.9. The van der Waals surface area contributed by atoms with Gasteiger partial charge in [0.2, 0.25) is 5.82 Å². The number of methoxy groups -OCH3 is 2. The second-order valence-corrected chi connectivity index (χ2v) is 4.98. The van der Waals surface area contributed by atoms with E-state index in [0.717, 1.165) is 11.2 Å². The number of hydrogen-bond donors (Lipinski definition) is 0. The fourth-order valence-electron chi connectivity index (χ4n) is 2.47. The largest absolute Gasteiger partial charge is 0.493 e. The van der Waals surface area contributed by atoms with Crippen LogP contribution in [-0.4, -0.2) is 39.0 Å². The Morgan fingerprint density at radius 3 is 2.83 bits per heavy atom. The van der Waals surface area contributed by atoms with Gasteiger partial charge in [-0.1, -0.05) is 11.2 Å². The second-order valence-electron chi connectivity index (χ2n) is 4.98. The van der Waals surface area contributed by atoms with Gasteiger partial charge in [0, 0.05) is 11.8 Å². The number of ether oxygens (including phenoxy) is 2. The van der Waals surface area contributed by atoms with E-state index in [-0.39, 0.29) is 0 Å². The Morgan fingerprint density at radius 1 is 1.08 bits per heavy atom. The summed E-state index contributed by atoms with van der Waals surface area (Å²) in [6, 6.07) is 9.18.